The van der Waals surface area contributed by atoms with Crippen molar-refractivity contribution in [1.29, 1.82) is 0 Å². The average molecular weight is 300 g/mol. The van der Waals surface area contributed by atoms with Crippen molar-refractivity contribution in [2.24, 2.45) is 0 Å². The van der Waals surface area contributed by atoms with Crippen LogP contribution in [0.25, 0.3) is 0 Å². The molecular weight excluding hydrogens is 280 g/mol. The van der Waals surface area contributed by atoms with E-state index in [2.05, 4.69) is 5.32 Å². The van der Waals surface area contributed by atoms with Gasteiger partial charge in [0.1, 0.15) is 0 Å². The fourth-order valence-corrected chi connectivity index (χ4v) is 2.39. The van der Waals surface area contributed by atoms with Crippen LogP contribution in [0, 0.1) is 0 Å². The first-order chi connectivity index (χ1) is 9.25. The molecule has 0 heterocycles. The number of sulfonamides is 1. The molecule has 0 spiro atoms. The summed E-state index contributed by atoms with van der Waals surface area (Å²) < 4.78 is 24.8. The van der Waals surface area contributed by atoms with Gasteiger partial charge in [-0.2, -0.15) is 0 Å². The molecule has 0 bridgehead atoms. The Balaban J connectivity index is 2.74. The Morgan fingerprint density at radius 3 is 2.30 bits per heavy atom. The van der Waals surface area contributed by atoms with Crippen LogP contribution in [0.4, 0.5) is 0 Å². The Kier molecular flexibility index (Phi) is 5.67. The third-order valence-electron chi connectivity index (χ3n) is 2.74. The average Bonchev–Trinajstić information content (AvgIpc) is 2.38. The SMILES string of the molecule is CC(O)CCNC(=O)c1ccc(S(=O)(=O)N(C)C)cc1. The lowest BCUT2D eigenvalue weighted by Gasteiger charge is -2.11. The van der Waals surface area contributed by atoms with E-state index < -0.39 is 16.1 Å². The number of nitrogens with zero attached hydrogens (tertiary/aromatic N) is 1. The summed E-state index contributed by atoms with van der Waals surface area (Å²) in [7, 11) is -0.578. The van der Waals surface area contributed by atoms with Crippen LogP contribution in [0.3, 0.4) is 0 Å². The number of aliphatic hydroxyl groups is 1. The number of hydrogen-bond donors (Lipinski definition) is 2. The molecule has 7 heteroatoms. The van der Waals surface area contributed by atoms with Crippen molar-refractivity contribution in [3.63, 3.8) is 0 Å². The van der Waals surface area contributed by atoms with Gasteiger partial charge in [0, 0.05) is 26.2 Å². The predicted molar refractivity (Wildman–Crippen MR) is 75.9 cm³/mol. The quantitative estimate of drug-likeness (QED) is 0.798. The van der Waals surface area contributed by atoms with Crippen LogP contribution in [0.15, 0.2) is 29.2 Å². The monoisotopic (exact) mass is 300 g/mol. The number of nitrogens with one attached hydrogen (secondary N) is 1. The summed E-state index contributed by atoms with van der Waals surface area (Å²) in [6, 6.07) is 5.74. The van der Waals surface area contributed by atoms with E-state index in [4.69, 9.17) is 5.11 Å². The van der Waals surface area contributed by atoms with Crippen LogP contribution in [0.1, 0.15) is 23.7 Å². The standard InChI is InChI=1S/C13H20N2O4S/c1-10(16)8-9-14-13(17)11-4-6-12(7-5-11)20(18,19)15(2)3/h4-7,10,16H,8-9H2,1-3H3,(H,14,17). The van der Waals surface area contributed by atoms with Crippen LogP contribution in [0.2, 0.25) is 0 Å². The second kappa shape index (κ2) is 6.83. The van der Waals surface area contributed by atoms with Gasteiger partial charge < -0.3 is 10.4 Å². The van der Waals surface area contributed by atoms with Gasteiger partial charge in [-0.15, -0.1) is 0 Å². The lowest BCUT2D eigenvalue weighted by atomic mass is 10.2. The van der Waals surface area contributed by atoms with Gasteiger partial charge in [0.05, 0.1) is 11.0 Å². The fourth-order valence-electron chi connectivity index (χ4n) is 1.49. The predicted octanol–water partition coefficient (Wildman–Crippen LogP) is 0.438. The second-order valence-electron chi connectivity index (χ2n) is 4.71. The van der Waals surface area contributed by atoms with E-state index in [0.717, 1.165) is 4.31 Å². The molecule has 112 valence electrons. The third kappa shape index (κ3) is 4.29. The Bertz CT molecular complexity index is 550. The fraction of sp³-hybridized carbons (Fsp3) is 0.462. The molecule has 1 aromatic rings. The Hall–Kier alpha value is -1.44. The maximum Gasteiger partial charge on any atom is 0.251 e. The van der Waals surface area contributed by atoms with Crippen molar-refractivity contribution in [2.45, 2.75) is 24.3 Å². The smallest absolute Gasteiger partial charge is 0.251 e. The number of carbonyl (C=O) groups excluding carboxylic acids is 1. The van der Waals surface area contributed by atoms with Crippen molar-refractivity contribution in [3.05, 3.63) is 29.8 Å². The van der Waals surface area contributed by atoms with Gasteiger partial charge in [-0.3, -0.25) is 4.79 Å². The van der Waals surface area contributed by atoms with Crippen LogP contribution in [0.5, 0.6) is 0 Å². The minimum atomic E-state index is -3.48. The van der Waals surface area contributed by atoms with E-state index in [-0.39, 0.29) is 10.8 Å². The van der Waals surface area contributed by atoms with Gasteiger partial charge in [0.25, 0.3) is 5.91 Å². The van der Waals surface area contributed by atoms with E-state index >= 15 is 0 Å². The van der Waals surface area contributed by atoms with E-state index in [1.165, 1.54) is 38.4 Å². The molecule has 20 heavy (non-hydrogen) atoms. The topological polar surface area (TPSA) is 86.7 Å². The van der Waals surface area contributed by atoms with Crippen LogP contribution < -0.4 is 5.32 Å². The zero-order valence-electron chi connectivity index (χ0n) is 11.8. The summed E-state index contributed by atoms with van der Waals surface area (Å²) in [4.78, 5) is 11.9. The normalized spacial score (nSPS) is 13.2. The van der Waals surface area contributed by atoms with Crippen LogP contribution >= 0.6 is 0 Å². The number of benzene rings is 1. The first-order valence-corrected chi connectivity index (χ1v) is 7.68. The van der Waals surface area contributed by atoms with Crippen molar-refractivity contribution >= 4 is 15.9 Å². The third-order valence-corrected chi connectivity index (χ3v) is 4.57. The highest BCUT2D eigenvalue weighted by Crippen LogP contribution is 2.13. The molecule has 1 atom stereocenters. The zero-order chi connectivity index (χ0) is 15.3. The van der Waals surface area contributed by atoms with Crippen molar-refractivity contribution in [2.75, 3.05) is 20.6 Å². The molecule has 0 aromatic heterocycles. The summed E-state index contributed by atoms with van der Waals surface area (Å²) in [6.07, 6.45) is 0.00154. The highest BCUT2D eigenvalue weighted by atomic mass is 32.2. The van der Waals surface area contributed by atoms with E-state index in [0.29, 0.717) is 18.5 Å². The van der Waals surface area contributed by atoms with E-state index in [9.17, 15) is 13.2 Å². The number of rotatable bonds is 6. The molecule has 0 aliphatic heterocycles. The molecule has 1 amide bonds. The number of carbonyl (C=O) groups is 1. The number of amides is 1. The van der Waals surface area contributed by atoms with Gasteiger partial charge in [0.15, 0.2) is 0 Å². The summed E-state index contributed by atoms with van der Waals surface area (Å²) in [5.41, 5.74) is 0.383. The maximum absolute atomic E-state index is 11.9. The molecular formula is C13H20N2O4S. The molecule has 0 saturated heterocycles. The van der Waals surface area contributed by atoms with Gasteiger partial charge >= 0.3 is 0 Å². The number of aliphatic hydroxyl groups excluding tert-OH is 1. The minimum absolute atomic E-state index is 0.142. The second-order valence-corrected chi connectivity index (χ2v) is 6.86. The van der Waals surface area contributed by atoms with Gasteiger partial charge in [-0.05, 0) is 37.6 Å². The highest BCUT2D eigenvalue weighted by molar-refractivity contribution is 7.89. The molecule has 0 saturated carbocycles. The van der Waals surface area contributed by atoms with Crippen LogP contribution in [-0.4, -0.2) is 50.5 Å². The first kappa shape index (κ1) is 16.6. The lowest BCUT2D eigenvalue weighted by Crippen LogP contribution is -2.26. The summed E-state index contributed by atoms with van der Waals surface area (Å²) in [5, 5.41) is 11.7. The molecule has 0 aliphatic carbocycles. The highest BCUT2D eigenvalue weighted by Gasteiger charge is 2.17. The summed E-state index contributed by atoms with van der Waals surface area (Å²) in [5.74, 6) is -0.292. The Morgan fingerprint density at radius 2 is 1.85 bits per heavy atom. The van der Waals surface area contributed by atoms with Crippen LogP contribution in [-0.2, 0) is 10.0 Å². The summed E-state index contributed by atoms with van der Waals surface area (Å²) >= 11 is 0. The molecule has 0 fully saturated rings. The molecule has 1 unspecified atom stereocenters. The largest absolute Gasteiger partial charge is 0.393 e. The van der Waals surface area contributed by atoms with Gasteiger partial charge in [-0.25, -0.2) is 12.7 Å². The number of hydrogen-bond acceptors (Lipinski definition) is 4. The summed E-state index contributed by atoms with van der Waals surface area (Å²) in [6.45, 7) is 2.02. The van der Waals surface area contributed by atoms with E-state index in [1.54, 1.807) is 6.92 Å². The van der Waals surface area contributed by atoms with Crippen molar-refractivity contribution in [1.82, 2.24) is 9.62 Å². The molecule has 1 aromatic carbocycles. The Morgan fingerprint density at radius 1 is 1.30 bits per heavy atom. The van der Waals surface area contributed by atoms with Gasteiger partial charge in [0.2, 0.25) is 10.0 Å². The molecule has 0 radical (unpaired) electrons. The van der Waals surface area contributed by atoms with E-state index in [1.807, 2.05) is 0 Å². The Labute approximate surface area is 119 Å². The zero-order valence-corrected chi connectivity index (χ0v) is 12.6. The maximum atomic E-state index is 11.9. The van der Waals surface area contributed by atoms with Crippen molar-refractivity contribution in [3.8, 4) is 0 Å². The molecule has 2 N–H and O–H groups in total. The lowest BCUT2D eigenvalue weighted by molar-refractivity contribution is 0.0945. The first-order valence-electron chi connectivity index (χ1n) is 6.24. The molecule has 6 nitrogen and oxygen atoms in total. The molecule has 1 rings (SSSR count). The van der Waals surface area contributed by atoms with Gasteiger partial charge in [-0.1, -0.05) is 0 Å². The minimum Gasteiger partial charge on any atom is -0.393 e. The van der Waals surface area contributed by atoms with Crippen molar-refractivity contribution < 1.29 is 18.3 Å². The molecule has 0 aliphatic rings.